The number of fused-ring (bicyclic) bond motifs is 1. The lowest BCUT2D eigenvalue weighted by atomic mass is 10.1. The maximum Gasteiger partial charge on any atom is 0.323 e. The van der Waals surface area contributed by atoms with Gasteiger partial charge in [-0.2, -0.15) is 0 Å². The van der Waals surface area contributed by atoms with Crippen LogP contribution in [0.1, 0.15) is 37.3 Å². The summed E-state index contributed by atoms with van der Waals surface area (Å²) in [6.07, 6.45) is 6.87. The molecule has 2 N–H and O–H groups in total. The lowest BCUT2D eigenvalue weighted by Crippen LogP contribution is -2.08. The van der Waals surface area contributed by atoms with Gasteiger partial charge in [0, 0.05) is 33.9 Å². The van der Waals surface area contributed by atoms with E-state index in [1.165, 1.54) is 11.8 Å². The predicted molar refractivity (Wildman–Crippen MR) is 164 cm³/mol. The summed E-state index contributed by atoms with van der Waals surface area (Å²) in [5.74, 6) is -2.82. The Balaban J connectivity index is 1.35. The van der Waals surface area contributed by atoms with Gasteiger partial charge in [-0.05, 0) is 36.1 Å². The van der Waals surface area contributed by atoms with Gasteiger partial charge in [0.05, 0.1) is 25.2 Å². The summed E-state index contributed by atoms with van der Waals surface area (Å²) in [6, 6.07) is 15.0. The zero-order valence-corrected chi connectivity index (χ0v) is 24.8. The Kier molecular flexibility index (Phi) is 11.1. The third-order valence-corrected chi connectivity index (χ3v) is 7.86. The summed E-state index contributed by atoms with van der Waals surface area (Å²) >= 11 is 7.21. The molecular weight excluding hydrogens is 600 g/mol. The number of aromatic nitrogens is 1. The van der Waals surface area contributed by atoms with E-state index in [1.54, 1.807) is 10.8 Å². The molecule has 0 saturated carbocycles. The van der Waals surface area contributed by atoms with E-state index >= 15 is 0 Å². The number of aliphatic carboxylic acids is 2. The first-order valence-corrected chi connectivity index (χ1v) is 14.8. The lowest BCUT2D eigenvalue weighted by molar-refractivity contribution is -0.138. The largest absolute Gasteiger partial charge is 0.494 e. The van der Waals surface area contributed by atoms with Crippen molar-refractivity contribution in [3.05, 3.63) is 88.6 Å². The third kappa shape index (κ3) is 8.98. The van der Waals surface area contributed by atoms with Crippen molar-refractivity contribution in [1.29, 1.82) is 0 Å². The zero-order valence-electron chi connectivity index (χ0n) is 23.3. The van der Waals surface area contributed by atoms with Crippen LogP contribution in [0.25, 0.3) is 23.1 Å². The van der Waals surface area contributed by atoms with Gasteiger partial charge >= 0.3 is 11.9 Å². The number of unbranched alkanes of at least 4 members (excludes halogenated alkanes) is 1. The van der Waals surface area contributed by atoms with Crippen LogP contribution in [-0.4, -0.2) is 45.2 Å². The molecule has 0 radical (unpaired) electrons. The molecule has 43 heavy (non-hydrogen) atoms. The Labute approximate surface area is 256 Å². The number of halogens is 3. The molecule has 4 aromatic rings. The van der Waals surface area contributed by atoms with Crippen molar-refractivity contribution in [2.24, 2.45) is 0 Å². The number of benzene rings is 3. The van der Waals surface area contributed by atoms with E-state index in [4.69, 9.17) is 26.2 Å². The topological polar surface area (TPSA) is 98.0 Å². The molecule has 0 aliphatic heterocycles. The first-order chi connectivity index (χ1) is 20.6. The van der Waals surface area contributed by atoms with Crippen LogP contribution in [0.3, 0.4) is 0 Å². The second-order valence-corrected chi connectivity index (χ2v) is 11.6. The van der Waals surface area contributed by atoms with E-state index in [1.807, 2.05) is 61.5 Å². The standard InChI is InChI=1S/C32H30ClF2NO6S/c1-20(15-29(37)38)43-28-18-36(19-30(39)40)32-22(5-4-6-25(28)32)10-7-21-8-11-24(12-9-21)41-13-2-3-14-42-27-17-23(34)16-26(35)31(27)33/h4-12,16-18,20H,2-3,13-15,19H2,1H3,(H,37,38)(H,39,40). The van der Waals surface area contributed by atoms with Gasteiger partial charge in [-0.25, -0.2) is 8.78 Å². The Bertz CT molecular complexity index is 1620. The smallest absolute Gasteiger partial charge is 0.323 e. The van der Waals surface area contributed by atoms with E-state index < -0.39 is 23.6 Å². The molecule has 0 saturated heterocycles. The number of carboxylic acids is 2. The van der Waals surface area contributed by atoms with Crippen molar-refractivity contribution < 1.29 is 38.1 Å². The highest BCUT2D eigenvalue weighted by Crippen LogP contribution is 2.36. The number of thioether (sulfide) groups is 1. The van der Waals surface area contributed by atoms with E-state index in [0.717, 1.165) is 33.0 Å². The zero-order chi connectivity index (χ0) is 30.9. The maximum absolute atomic E-state index is 13.5. The Morgan fingerprint density at radius 3 is 2.42 bits per heavy atom. The minimum Gasteiger partial charge on any atom is -0.494 e. The number of ether oxygens (including phenoxy) is 2. The Morgan fingerprint density at radius 1 is 1.00 bits per heavy atom. The van der Waals surface area contributed by atoms with E-state index in [0.29, 0.717) is 31.3 Å². The van der Waals surface area contributed by atoms with Crippen LogP contribution in [-0.2, 0) is 16.1 Å². The third-order valence-electron chi connectivity index (χ3n) is 6.35. The molecule has 3 aromatic carbocycles. The number of para-hydroxylation sites is 1. The molecule has 7 nitrogen and oxygen atoms in total. The average molecular weight is 630 g/mol. The van der Waals surface area contributed by atoms with Gasteiger partial charge in [0.15, 0.2) is 0 Å². The number of rotatable bonds is 15. The predicted octanol–water partition coefficient (Wildman–Crippen LogP) is 8.02. The summed E-state index contributed by atoms with van der Waals surface area (Å²) in [5, 5.41) is 19.0. The number of carboxylic acid groups (broad SMARTS) is 2. The second-order valence-electron chi connectivity index (χ2n) is 9.79. The van der Waals surface area contributed by atoms with Gasteiger partial charge in [0.2, 0.25) is 0 Å². The van der Waals surface area contributed by atoms with Gasteiger partial charge in [0.1, 0.15) is 34.7 Å². The molecule has 1 aromatic heterocycles. The highest BCUT2D eigenvalue weighted by molar-refractivity contribution is 8.00. The summed E-state index contributed by atoms with van der Waals surface area (Å²) in [6.45, 7) is 2.28. The molecule has 4 rings (SSSR count). The highest BCUT2D eigenvalue weighted by Gasteiger charge is 2.17. The van der Waals surface area contributed by atoms with Crippen molar-refractivity contribution in [2.75, 3.05) is 13.2 Å². The molecule has 11 heteroatoms. The van der Waals surface area contributed by atoms with E-state index in [2.05, 4.69) is 0 Å². The first kappa shape index (κ1) is 31.9. The fraction of sp³-hybridized carbons (Fsp3) is 0.250. The van der Waals surface area contributed by atoms with E-state index in [9.17, 15) is 23.5 Å². The molecular formula is C32H30ClF2NO6S. The first-order valence-electron chi connectivity index (χ1n) is 13.5. The molecule has 0 amide bonds. The quantitative estimate of drug-likeness (QED) is 0.0595. The molecule has 0 aliphatic carbocycles. The van der Waals surface area contributed by atoms with Gasteiger partial charge in [-0.15, -0.1) is 11.8 Å². The molecule has 0 aliphatic rings. The summed E-state index contributed by atoms with van der Waals surface area (Å²) in [7, 11) is 0. The number of nitrogens with zero attached hydrogens (tertiary/aromatic N) is 1. The molecule has 0 fully saturated rings. The van der Waals surface area contributed by atoms with Crippen molar-refractivity contribution in [3.63, 3.8) is 0 Å². The fourth-order valence-corrected chi connectivity index (χ4v) is 5.74. The summed E-state index contributed by atoms with van der Waals surface area (Å²) in [5.41, 5.74) is 2.51. The van der Waals surface area contributed by atoms with Crippen molar-refractivity contribution >= 4 is 58.4 Å². The second kappa shape index (κ2) is 14.9. The average Bonchev–Trinajstić information content (AvgIpc) is 3.28. The van der Waals surface area contributed by atoms with Crippen LogP contribution in [0.2, 0.25) is 5.02 Å². The normalized spacial score (nSPS) is 12.1. The minimum absolute atomic E-state index is 0.00180. The van der Waals surface area contributed by atoms with Crippen LogP contribution in [0.5, 0.6) is 11.5 Å². The molecule has 0 spiro atoms. The Hall–Kier alpha value is -4.02. The van der Waals surface area contributed by atoms with Gasteiger partial charge in [-0.3, -0.25) is 9.59 Å². The summed E-state index contributed by atoms with van der Waals surface area (Å²) < 4.78 is 39.7. The molecule has 1 heterocycles. The minimum atomic E-state index is -0.972. The number of hydrogen-bond donors (Lipinski definition) is 2. The monoisotopic (exact) mass is 629 g/mol. The molecule has 226 valence electrons. The summed E-state index contributed by atoms with van der Waals surface area (Å²) in [4.78, 5) is 23.5. The SMILES string of the molecule is CC(CC(=O)O)Sc1cn(CC(=O)O)c2c(C=Cc3ccc(OCCCCOc4cc(F)cc(F)c4Cl)cc3)cccc12. The fourth-order valence-electron chi connectivity index (χ4n) is 4.43. The molecule has 1 unspecified atom stereocenters. The number of carbonyl (C=O) groups is 2. The van der Waals surface area contributed by atoms with Gasteiger partial charge in [0.25, 0.3) is 0 Å². The Morgan fingerprint density at radius 2 is 1.72 bits per heavy atom. The van der Waals surface area contributed by atoms with E-state index in [-0.39, 0.29) is 35.6 Å². The van der Waals surface area contributed by atoms with Crippen LogP contribution in [0.15, 0.2) is 65.7 Å². The highest BCUT2D eigenvalue weighted by atomic mass is 35.5. The van der Waals surface area contributed by atoms with Crippen LogP contribution in [0, 0.1) is 11.6 Å². The van der Waals surface area contributed by atoms with Crippen molar-refractivity contribution in [3.8, 4) is 11.5 Å². The molecule has 1 atom stereocenters. The van der Waals surface area contributed by atoms with Gasteiger partial charge in [-0.1, -0.05) is 61.0 Å². The molecule has 0 bridgehead atoms. The number of hydrogen-bond acceptors (Lipinski definition) is 5. The van der Waals surface area contributed by atoms with Crippen molar-refractivity contribution in [1.82, 2.24) is 4.57 Å². The van der Waals surface area contributed by atoms with Crippen LogP contribution in [0.4, 0.5) is 8.78 Å². The van der Waals surface area contributed by atoms with Crippen LogP contribution >= 0.6 is 23.4 Å². The lowest BCUT2D eigenvalue weighted by Gasteiger charge is -2.09. The van der Waals surface area contributed by atoms with Crippen LogP contribution < -0.4 is 9.47 Å². The van der Waals surface area contributed by atoms with Crippen molar-refractivity contribution in [2.45, 2.75) is 42.9 Å². The van der Waals surface area contributed by atoms with Gasteiger partial charge < -0.3 is 24.3 Å². The maximum atomic E-state index is 13.5.